The normalized spacial score (nSPS) is 21.4. The van der Waals surface area contributed by atoms with Crippen LogP contribution in [0.1, 0.15) is 32.3 Å². The maximum absolute atomic E-state index is 13.6. The van der Waals surface area contributed by atoms with Crippen molar-refractivity contribution in [1.82, 2.24) is 15.0 Å². The Labute approximate surface area is 234 Å². The number of ether oxygens (including phenoxy) is 3. The fourth-order valence-corrected chi connectivity index (χ4v) is 5.30. The summed E-state index contributed by atoms with van der Waals surface area (Å²) in [5, 5.41) is 2.83. The van der Waals surface area contributed by atoms with E-state index in [1.54, 1.807) is 23.2 Å². The zero-order valence-corrected chi connectivity index (χ0v) is 22.5. The first-order valence-corrected chi connectivity index (χ1v) is 13.4. The first-order chi connectivity index (χ1) is 19.6. The number of hydrogen-bond acceptors (Lipinski definition) is 8. The second-order valence-corrected chi connectivity index (χ2v) is 10.7. The highest BCUT2D eigenvalue weighted by molar-refractivity contribution is 6.04. The van der Waals surface area contributed by atoms with E-state index >= 15 is 0 Å². The average Bonchev–Trinajstić information content (AvgIpc) is 3.30. The molecule has 2 aromatic heterocycles. The van der Waals surface area contributed by atoms with Gasteiger partial charge in [-0.3, -0.25) is 10.2 Å². The number of hydrogen-bond donors (Lipinski definition) is 1. The summed E-state index contributed by atoms with van der Waals surface area (Å²) in [5.41, 5.74) is 0.0758. The Kier molecular flexibility index (Phi) is 6.94. The van der Waals surface area contributed by atoms with Crippen molar-refractivity contribution in [3.8, 4) is 17.1 Å². The molecule has 0 saturated carbocycles. The van der Waals surface area contributed by atoms with Gasteiger partial charge in [-0.25, -0.2) is 19.7 Å². The van der Waals surface area contributed by atoms with Crippen molar-refractivity contribution in [3.63, 3.8) is 0 Å². The Bertz CT molecular complexity index is 1440. The van der Waals surface area contributed by atoms with Crippen LogP contribution >= 0.6 is 0 Å². The first kappa shape index (κ1) is 27.2. The molecule has 3 aliphatic rings. The third-order valence-corrected chi connectivity index (χ3v) is 7.22. The molecular formula is C28H29F3N6O4. The van der Waals surface area contributed by atoms with Gasteiger partial charge in [0.25, 0.3) is 0 Å². The van der Waals surface area contributed by atoms with Gasteiger partial charge in [0.05, 0.1) is 36.3 Å². The Morgan fingerprint density at radius 1 is 1.20 bits per heavy atom. The molecule has 2 bridgehead atoms. The van der Waals surface area contributed by atoms with Crippen molar-refractivity contribution < 1.29 is 32.2 Å². The molecule has 13 heteroatoms. The number of carbonyl (C=O) groups excluding carboxylic acids is 1. The summed E-state index contributed by atoms with van der Waals surface area (Å²) in [5.74, 6) is 0.648. The predicted octanol–water partition coefficient (Wildman–Crippen LogP) is 5.11. The van der Waals surface area contributed by atoms with Crippen LogP contribution in [0.5, 0.6) is 5.75 Å². The van der Waals surface area contributed by atoms with Gasteiger partial charge < -0.3 is 19.1 Å². The van der Waals surface area contributed by atoms with Crippen molar-refractivity contribution in [3.05, 3.63) is 54.4 Å². The van der Waals surface area contributed by atoms with Crippen molar-refractivity contribution >= 4 is 23.4 Å². The van der Waals surface area contributed by atoms with Gasteiger partial charge in [0, 0.05) is 18.7 Å². The number of alkyl halides is 3. The molecule has 5 heterocycles. The summed E-state index contributed by atoms with van der Waals surface area (Å²) < 4.78 is 57.0. The van der Waals surface area contributed by atoms with E-state index < -0.39 is 23.6 Å². The van der Waals surface area contributed by atoms with E-state index in [4.69, 9.17) is 14.2 Å². The lowest BCUT2D eigenvalue weighted by Gasteiger charge is -2.45. The van der Waals surface area contributed by atoms with Crippen LogP contribution in [0.3, 0.4) is 0 Å². The molecule has 1 N–H and O–H groups in total. The molecule has 1 aromatic carbocycles. The minimum atomic E-state index is -4.50. The van der Waals surface area contributed by atoms with Crippen molar-refractivity contribution in [2.75, 3.05) is 41.4 Å². The number of benzene rings is 1. The van der Waals surface area contributed by atoms with Gasteiger partial charge in [-0.15, -0.1) is 0 Å². The Balaban J connectivity index is 1.21. The number of amides is 2. The summed E-state index contributed by atoms with van der Waals surface area (Å²) in [6, 6.07) is 7.57. The van der Waals surface area contributed by atoms with E-state index in [0.29, 0.717) is 42.8 Å². The van der Waals surface area contributed by atoms with Crippen LogP contribution in [0.2, 0.25) is 0 Å². The summed E-state index contributed by atoms with van der Waals surface area (Å²) in [6.45, 7) is 5.81. The molecule has 41 heavy (non-hydrogen) atoms. The summed E-state index contributed by atoms with van der Waals surface area (Å²) >= 11 is 0. The molecule has 3 aromatic rings. The number of nitrogens with zero attached hydrogens (tertiary/aromatic N) is 5. The SMILES string of the molecule is CC1(C)OC[C@@H](COc2ccc(NC(=O)N3c4nc(-c5cccc(C(F)(F)F)c5)ncc4N4CCCC3C4)nc2)O1. The fourth-order valence-electron chi connectivity index (χ4n) is 5.30. The van der Waals surface area contributed by atoms with Gasteiger partial charge >= 0.3 is 12.2 Å². The third-order valence-electron chi connectivity index (χ3n) is 7.22. The molecule has 0 spiro atoms. The Hall–Kier alpha value is -3.97. The highest BCUT2D eigenvalue weighted by Gasteiger charge is 2.39. The molecule has 2 atom stereocenters. The number of anilines is 3. The van der Waals surface area contributed by atoms with Gasteiger partial charge in [0.2, 0.25) is 0 Å². The first-order valence-electron chi connectivity index (χ1n) is 13.4. The maximum Gasteiger partial charge on any atom is 0.416 e. The van der Waals surface area contributed by atoms with Crippen LogP contribution in [-0.2, 0) is 15.7 Å². The largest absolute Gasteiger partial charge is 0.489 e. The minimum Gasteiger partial charge on any atom is -0.489 e. The van der Waals surface area contributed by atoms with Crippen LogP contribution in [0.4, 0.5) is 35.3 Å². The van der Waals surface area contributed by atoms with E-state index in [0.717, 1.165) is 31.5 Å². The lowest BCUT2D eigenvalue weighted by molar-refractivity contribution is -0.141. The van der Waals surface area contributed by atoms with Crippen LogP contribution in [0.25, 0.3) is 11.4 Å². The molecule has 216 valence electrons. The molecule has 0 radical (unpaired) electrons. The van der Waals surface area contributed by atoms with E-state index in [9.17, 15) is 18.0 Å². The number of carbonyl (C=O) groups is 1. The molecule has 3 aliphatic heterocycles. The summed E-state index contributed by atoms with van der Waals surface area (Å²) in [6.07, 6.45) is 0.0292. The van der Waals surface area contributed by atoms with Crippen LogP contribution in [0.15, 0.2) is 48.8 Å². The van der Waals surface area contributed by atoms with E-state index in [1.807, 2.05) is 13.8 Å². The molecule has 2 amide bonds. The Morgan fingerprint density at radius 3 is 2.78 bits per heavy atom. The zero-order chi connectivity index (χ0) is 28.8. The summed E-state index contributed by atoms with van der Waals surface area (Å²) in [7, 11) is 0. The lowest BCUT2D eigenvalue weighted by atomic mass is 10.0. The maximum atomic E-state index is 13.6. The topological polar surface area (TPSA) is 102 Å². The monoisotopic (exact) mass is 570 g/mol. The van der Waals surface area contributed by atoms with Crippen molar-refractivity contribution in [2.45, 2.75) is 50.8 Å². The van der Waals surface area contributed by atoms with E-state index in [-0.39, 0.29) is 23.5 Å². The highest BCUT2D eigenvalue weighted by atomic mass is 19.4. The van der Waals surface area contributed by atoms with E-state index in [2.05, 4.69) is 25.2 Å². The Morgan fingerprint density at radius 2 is 2.05 bits per heavy atom. The number of halogens is 3. The van der Waals surface area contributed by atoms with Gasteiger partial charge in [-0.05, 0) is 51.0 Å². The molecule has 10 nitrogen and oxygen atoms in total. The van der Waals surface area contributed by atoms with E-state index in [1.165, 1.54) is 18.3 Å². The van der Waals surface area contributed by atoms with Gasteiger partial charge in [0.15, 0.2) is 17.4 Å². The predicted molar refractivity (Wildman–Crippen MR) is 144 cm³/mol. The number of nitrogens with one attached hydrogen (secondary N) is 1. The zero-order valence-electron chi connectivity index (χ0n) is 22.5. The van der Waals surface area contributed by atoms with Gasteiger partial charge in [-0.1, -0.05) is 12.1 Å². The molecular weight excluding hydrogens is 541 g/mol. The third kappa shape index (κ3) is 5.77. The van der Waals surface area contributed by atoms with Gasteiger partial charge in [-0.2, -0.15) is 13.2 Å². The van der Waals surface area contributed by atoms with Crippen molar-refractivity contribution in [1.29, 1.82) is 0 Å². The molecule has 1 unspecified atom stereocenters. The second kappa shape index (κ2) is 10.5. The highest BCUT2D eigenvalue weighted by Crippen LogP contribution is 2.39. The van der Waals surface area contributed by atoms with Crippen molar-refractivity contribution in [2.24, 2.45) is 0 Å². The fraction of sp³-hybridized carbons (Fsp3) is 0.429. The number of pyridine rings is 1. The number of urea groups is 1. The number of piperidine rings is 1. The minimum absolute atomic E-state index is 0.105. The molecule has 2 fully saturated rings. The standard InChI is InChI=1S/C28H29F3N6O4/c1-27(2)40-16-21(41-27)15-39-20-8-9-23(32-12-20)34-26(38)37-19-7-4-10-36(14-19)22-13-33-24(35-25(22)37)17-5-3-6-18(11-17)28(29,30)31/h3,5-6,8-9,11-13,19,21H,4,7,10,14-16H2,1-2H3,(H,32,34,38)/t19?,21-/m1/s1. The number of fused-ring (bicyclic) bond motifs is 4. The number of rotatable bonds is 5. The average molecular weight is 571 g/mol. The molecule has 0 aliphatic carbocycles. The van der Waals surface area contributed by atoms with Crippen LogP contribution in [-0.4, -0.2) is 65.2 Å². The lowest BCUT2D eigenvalue weighted by Crippen LogP contribution is -2.56. The number of aromatic nitrogens is 3. The smallest absolute Gasteiger partial charge is 0.416 e. The molecule has 2 saturated heterocycles. The van der Waals surface area contributed by atoms with Crippen LogP contribution < -0.4 is 19.9 Å². The quantitative estimate of drug-likeness (QED) is 0.452. The summed E-state index contributed by atoms with van der Waals surface area (Å²) in [4.78, 5) is 30.5. The van der Waals surface area contributed by atoms with Gasteiger partial charge in [0.1, 0.15) is 24.3 Å². The second-order valence-electron chi connectivity index (χ2n) is 10.7. The van der Waals surface area contributed by atoms with Crippen LogP contribution in [0, 0.1) is 0 Å². The molecule has 6 rings (SSSR count).